The number of benzene rings is 2. The van der Waals surface area contributed by atoms with Gasteiger partial charge in [0.25, 0.3) is 5.91 Å². The number of carbonyl (C=O) groups excluding carboxylic acids is 1. The number of rotatable bonds is 7. The third kappa shape index (κ3) is 4.65. The van der Waals surface area contributed by atoms with Gasteiger partial charge in [0.1, 0.15) is 5.75 Å². The van der Waals surface area contributed by atoms with Gasteiger partial charge in [-0.1, -0.05) is 24.3 Å². The van der Waals surface area contributed by atoms with Crippen molar-refractivity contribution in [2.75, 3.05) is 11.9 Å². The average Bonchev–Trinajstić information content (AvgIpc) is 3.07. The smallest absolute Gasteiger partial charge is 0.256 e. The molecule has 0 fully saturated rings. The first kappa shape index (κ1) is 18.5. The van der Waals surface area contributed by atoms with Crippen LogP contribution >= 0.6 is 23.1 Å². The Morgan fingerprint density at radius 2 is 1.96 bits per heavy atom. The van der Waals surface area contributed by atoms with Crippen LogP contribution < -0.4 is 10.1 Å². The highest BCUT2D eigenvalue weighted by Gasteiger charge is 2.14. The van der Waals surface area contributed by atoms with E-state index in [1.807, 2.05) is 62.4 Å². The molecule has 1 N–H and O–H groups in total. The number of aryl methyl sites for hydroxylation is 1. The molecular weight excluding hydrogens is 364 g/mol. The molecule has 3 rings (SSSR count). The summed E-state index contributed by atoms with van der Waals surface area (Å²) in [6, 6.07) is 15.1. The number of nitrogens with one attached hydrogen (secondary N) is 1. The highest BCUT2D eigenvalue weighted by molar-refractivity contribution is 7.98. The van der Waals surface area contributed by atoms with Gasteiger partial charge in [-0.15, -0.1) is 23.1 Å². The van der Waals surface area contributed by atoms with Gasteiger partial charge in [0, 0.05) is 16.0 Å². The Bertz CT molecular complexity index is 893. The second-order valence-electron chi connectivity index (χ2n) is 5.53. The highest BCUT2D eigenvalue weighted by Crippen LogP contribution is 2.29. The maximum atomic E-state index is 12.8. The lowest BCUT2D eigenvalue weighted by atomic mass is 10.2. The summed E-state index contributed by atoms with van der Waals surface area (Å²) >= 11 is 3.26. The van der Waals surface area contributed by atoms with Gasteiger partial charge < -0.3 is 10.1 Å². The van der Waals surface area contributed by atoms with Gasteiger partial charge in [-0.2, -0.15) is 0 Å². The molecule has 4 nitrogen and oxygen atoms in total. The van der Waals surface area contributed by atoms with Crippen LogP contribution in [0.5, 0.6) is 5.75 Å². The number of nitrogens with zero attached hydrogens (tertiary/aromatic N) is 1. The summed E-state index contributed by atoms with van der Waals surface area (Å²) < 4.78 is 5.58. The first-order valence-electron chi connectivity index (χ1n) is 8.33. The molecule has 2 aromatic carbocycles. The minimum Gasteiger partial charge on any atom is -0.492 e. The Hall–Kier alpha value is -2.31. The fraction of sp³-hybridized carbons (Fsp3) is 0.200. The van der Waals surface area contributed by atoms with E-state index in [2.05, 4.69) is 15.7 Å². The number of thioether (sulfide) groups is 1. The molecule has 0 aliphatic rings. The van der Waals surface area contributed by atoms with E-state index in [9.17, 15) is 4.79 Å². The molecular formula is C20H20N2O2S2. The molecule has 0 saturated carbocycles. The van der Waals surface area contributed by atoms with Crippen LogP contribution in [0.2, 0.25) is 0 Å². The maximum Gasteiger partial charge on any atom is 0.256 e. The lowest BCUT2D eigenvalue weighted by Gasteiger charge is -2.13. The van der Waals surface area contributed by atoms with E-state index in [4.69, 9.17) is 4.74 Å². The Labute approximate surface area is 161 Å². The molecule has 6 heteroatoms. The van der Waals surface area contributed by atoms with Crippen molar-refractivity contribution in [2.24, 2.45) is 0 Å². The molecule has 0 saturated heterocycles. The zero-order chi connectivity index (χ0) is 18.4. The number of anilines is 1. The third-order valence-electron chi connectivity index (χ3n) is 3.61. The number of hydrogen-bond donors (Lipinski definition) is 1. The molecule has 0 aliphatic heterocycles. The summed E-state index contributed by atoms with van der Waals surface area (Å²) in [5, 5.41) is 6.08. The first-order valence-corrected chi connectivity index (χ1v) is 10.2. The van der Waals surface area contributed by atoms with Gasteiger partial charge in [-0.25, -0.2) is 4.98 Å². The van der Waals surface area contributed by atoms with Crippen molar-refractivity contribution in [3.05, 3.63) is 70.2 Å². The second kappa shape index (κ2) is 8.87. The van der Waals surface area contributed by atoms with E-state index in [1.165, 1.54) is 0 Å². The van der Waals surface area contributed by atoms with E-state index in [0.29, 0.717) is 23.6 Å². The van der Waals surface area contributed by atoms with Crippen molar-refractivity contribution in [3.63, 3.8) is 0 Å². The van der Waals surface area contributed by atoms with Gasteiger partial charge in [0.05, 0.1) is 28.6 Å². The van der Waals surface area contributed by atoms with Crippen molar-refractivity contribution in [1.82, 2.24) is 4.98 Å². The van der Waals surface area contributed by atoms with E-state index in [-0.39, 0.29) is 5.91 Å². The molecule has 0 atom stereocenters. The van der Waals surface area contributed by atoms with Gasteiger partial charge in [-0.3, -0.25) is 4.79 Å². The Kier molecular flexibility index (Phi) is 6.30. The quantitative estimate of drug-likeness (QED) is 0.555. The molecule has 134 valence electrons. The molecule has 26 heavy (non-hydrogen) atoms. The number of thiazole rings is 1. The summed E-state index contributed by atoms with van der Waals surface area (Å²) in [6.45, 7) is 4.47. The zero-order valence-corrected chi connectivity index (χ0v) is 16.3. The van der Waals surface area contributed by atoms with Crippen molar-refractivity contribution < 1.29 is 9.53 Å². The topological polar surface area (TPSA) is 51.2 Å². The first-order chi connectivity index (χ1) is 12.7. The number of amides is 1. The summed E-state index contributed by atoms with van der Waals surface area (Å²) in [6.07, 6.45) is 0. The molecule has 0 bridgehead atoms. The predicted molar refractivity (Wildman–Crippen MR) is 108 cm³/mol. The van der Waals surface area contributed by atoms with Gasteiger partial charge >= 0.3 is 0 Å². The molecule has 0 aliphatic carbocycles. The standard InChI is InChI=1S/C20H20N2O2S2/c1-3-24-18-10-6-5-9-17(18)22-20(23)16-8-4-7-11-19(16)26-13-15-12-25-14(2)21-15/h4-12H,3,13H2,1-2H3,(H,22,23). The van der Waals surface area contributed by atoms with Crippen LogP contribution in [0.4, 0.5) is 5.69 Å². The Morgan fingerprint density at radius 1 is 1.19 bits per heavy atom. The number of carbonyl (C=O) groups is 1. The van der Waals surface area contributed by atoms with Gasteiger partial charge in [-0.05, 0) is 38.1 Å². The van der Waals surface area contributed by atoms with E-state index in [0.717, 1.165) is 21.3 Å². The summed E-state index contributed by atoms with van der Waals surface area (Å²) in [5.74, 6) is 1.27. The predicted octanol–water partition coefficient (Wildman–Crippen LogP) is 5.39. The molecule has 1 heterocycles. The van der Waals surface area contributed by atoms with E-state index < -0.39 is 0 Å². The van der Waals surface area contributed by atoms with Gasteiger partial charge in [0.15, 0.2) is 0 Å². The van der Waals surface area contributed by atoms with Crippen LogP contribution in [0.3, 0.4) is 0 Å². The molecule has 3 aromatic rings. The lowest BCUT2D eigenvalue weighted by molar-refractivity contribution is 0.102. The molecule has 0 unspecified atom stereocenters. The van der Waals surface area contributed by atoms with E-state index >= 15 is 0 Å². The summed E-state index contributed by atoms with van der Waals surface area (Å²) in [5.41, 5.74) is 2.36. The second-order valence-corrected chi connectivity index (χ2v) is 7.61. The highest BCUT2D eigenvalue weighted by atomic mass is 32.2. The van der Waals surface area contributed by atoms with Crippen molar-refractivity contribution in [3.8, 4) is 5.75 Å². The Balaban J connectivity index is 1.75. The van der Waals surface area contributed by atoms with Crippen LogP contribution in [-0.4, -0.2) is 17.5 Å². The van der Waals surface area contributed by atoms with Crippen LogP contribution in [0.15, 0.2) is 58.8 Å². The van der Waals surface area contributed by atoms with E-state index in [1.54, 1.807) is 23.1 Å². The minimum absolute atomic E-state index is 0.144. The summed E-state index contributed by atoms with van der Waals surface area (Å²) in [4.78, 5) is 18.2. The largest absolute Gasteiger partial charge is 0.492 e. The van der Waals surface area contributed by atoms with Crippen LogP contribution in [0, 0.1) is 6.92 Å². The lowest BCUT2D eigenvalue weighted by Crippen LogP contribution is -2.14. The fourth-order valence-corrected chi connectivity index (χ4v) is 4.11. The zero-order valence-electron chi connectivity index (χ0n) is 14.7. The normalized spacial score (nSPS) is 10.5. The Morgan fingerprint density at radius 3 is 2.73 bits per heavy atom. The molecule has 1 aromatic heterocycles. The summed E-state index contributed by atoms with van der Waals surface area (Å²) in [7, 11) is 0. The van der Waals surface area contributed by atoms with Crippen LogP contribution in [-0.2, 0) is 5.75 Å². The molecule has 0 spiro atoms. The average molecular weight is 385 g/mol. The van der Waals surface area contributed by atoms with Crippen molar-refractivity contribution >= 4 is 34.7 Å². The SMILES string of the molecule is CCOc1ccccc1NC(=O)c1ccccc1SCc1csc(C)n1. The van der Waals surface area contributed by atoms with Crippen molar-refractivity contribution in [1.29, 1.82) is 0 Å². The van der Waals surface area contributed by atoms with Crippen LogP contribution in [0.25, 0.3) is 0 Å². The monoisotopic (exact) mass is 384 g/mol. The number of hydrogen-bond acceptors (Lipinski definition) is 5. The number of aromatic nitrogens is 1. The maximum absolute atomic E-state index is 12.8. The van der Waals surface area contributed by atoms with Gasteiger partial charge in [0.2, 0.25) is 0 Å². The van der Waals surface area contributed by atoms with Crippen molar-refractivity contribution in [2.45, 2.75) is 24.5 Å². The number of para-hydroxylation sites is 2. The number of ether oxygens (including phenoxy) is 1. The third-order valence-corrected chi connectivity index (χ3v) is 5.54. The fourth-order valence-electron chi connectivity index (χ4n) is 2.45. The minimum atomic E-state index is -0.144. The molecule has 0 radical (unpaired) electrons. The molecule has 1 amide bonds. The van der Waals surface area contributed by atoms with Crippen LogP contribution in [0.1, 0.15) is 28.0 Å².